The van der Waals surface area contributed by atoms with E-state index in [2.05, 4.69) is 20.4 Å². The summed E-state index contributed by atoms with van der Waals surface area (Å²) in [6, 6.07) is 5.79. The second kappa shape index (κ2) is 5.45. The first-order valence-corrected chi connectivity index (χ1v) is 6.28. The Hall–Kier alpha value is -2.78. The Morgan fingerprint density at radius 2 is 1.78 bits per heavy atom. The van der Waals surface area contributed by atoms with Crippen LogP contribution in [0.15, 0.2) is 36.7 Å². The Morgan fingerprint density at radius 3 is 2.39 bits per heavy atom. The molecule has 0 radical (unpaired) electrons. The van der Waals surface area contributed by atoms with Gasteiger partial charge in [0.2, 0.25) is 0 Å². The predicted molar refractivity (Wildman–Crippen MR) is 70.5 cm³/mol. The molecular formula is C13H8F5N5. The number of nitrogens with one attached hydrogen (secondary N) is 1. The van der Waals surface area contributed by atoms with Crippen molar-refractivity contribution in [3.63, 3.8) is 0 Å². The van der Waals surface area contributed by atoms with Crippen LogP contribution in [-0.2, 0) is 6.18 Å². The first kappa shape index (κ1) is 15.1. The molecule has 0 fully saturated rings. The molecule has 23 heavy (non-hydrogen) atoms. The van der Waals surface area contributed by atoms with Gasteiger partial charge in [0.1, 0.15) is 12.1 Å². The molecule has 5 nitrogen and oxygen atoms in total. The van der Waals surface area contributed by atoms with Crippen molar-refractivity contribution in [3.05, 3.63) is 47.9 Å². The van der Waals surface area contributed by atoms with E-state index in [4.69, 9.17) is 0 Å². The lowest BCUT2D eigenvalue weighted by atomic mass is 10.2. The molecule has 0 aliphatic heterocycles. The molecule has 0 amide bonds. The first-order chi connectivity index (χ1) is 10.8. The molecule has 3 aromatic rings. The minimum atomic E-state index is -4.65. The molecule has 2 heterocycles. The predicted octanol–water partition coefficient (Wildman–Crippen LogP) is 3.82. The second-order valence-corrected chi connectivity index (χ2v) is 4.54. The maximum absolute atomic E-state index is 12.9. The van der Waals surface area contributed by atoms with Crippen LogP contribution < -0.4 is 5.32 Å². The van der Waals surface area contributed by atoms with Crippen molar-refractivity contribution in [3.8, 4) is 0 Å². The standard InChI is InChI=1S/C13H8F5N5/c14-11(15)7-1-3-8(4-2-7)21-10-5-9(13(16,17)18)22-12-19-6-20-23(10)12/h1-6,11,21H. The summed E-state index contributed by atoms with van der Waals surface area (Å²) in [5.74, 6) is -0.267. The van der Waals surface area contributed by atoms with Crippen molar-refractivity contribution in [1.29, 1.82) is 0 Å². The molecule has 0 unspecified atom stereocenters. The summed E-state index contributed by atoms with van der Waals surface area (Å²) in [4.78, 5) is 7.01. The van der Waals surface area contributed by atoms with Gasteiger partial charge in [0.05, 0.1) is 0 Å². The van der Waals surface area contributed by atoms with E-state index < -0.39 is 18.3 Å². The zero-order valence-corrected chi connectivity index (χ0v) is 11.2. The highest BCUT2D eigenvalue weighted by molar-refractivity contribution is 5.59. The van der Waals surface area contributed by atoms with Crippen LogP contribution in [0.5, 0.6) is 0 Å². The normalized spacial score (nSPS) is 12.1. The van der Waals surface area contributed by atoms with Crippen molar-refractivity contribution >= 4 is 17.3 Å². The van der Waals surface area contributed by atoms with Crippen LogP contribution in [0.1, 0.15) is 17.7 Å². The SMILES string of the molecule is FC(F)c1ccc(Nc2cc(C(F)(F)F)nc3ncnn23)cc1. The summed E-state index contributed by atoms with van der Waals surface area (Å²) >= 11 is 0. The third kappa shape index (κ3) is 3.05. The number of aromatic nitrogens is 4. The largest absolute Gasteiger partial charge is 0.433 e. The molecule has 2 aromatic heterocycles. The molecule has 1 aromatic carbocycles. The monoisotopic (exact) mass is 329 g/mol. The fraction of sp³-hybridized carbons (Fsp3) is 0.154. The van der Waals surface area contributed by atoms with Crippen molar-refractivity contribution in [1.82, 2.24) is 19.6 Å². The number of halogens is 5. The van der Waals surface area contributed by atoms with Crippen LogP contribution in [0.25, 0.3) is 5.78 Å². The molecule has 3 rings (SSSR count). The van der Waals surface area contributed by atoms with Gasteiger partial charge in [-0.15, -0.1) is 0 Å². The van der Waals surface area contributed by atoms with E-state index in [1.807, 2.05) is 0 Å². The van der Waals surface area contributed by atoms with Crippen LogP contribution in [0.3, 0.4) is 0 Å². The molecule has 0 saturated carbocycles. The molecule has 0 saturated heterocycles. The Morgan fingerprint density at radius 1 is 1.09 bits per heavy atom. The molecule has 0 bridgehead atoms. The highest BCUT2D eigenvalue weighted by Gasteiger charge is 2.34. The van der Waals surface area contributed by atoms with Gasteiger partial charge >= 0.3 is 6.18 Å². The van der Waals surface area contributed by atoms with Gasteiger partial charge in [-0.1, -0.05) is 12.1 Å². The zero-order chi connectivity index (χ0) is 16.6. The summed E-state index contributed by atoms with van der Waals surface area (Å²) < 4.78 is 64.6. The van der Waals surface area contributed by atoms with Gasteiger partial charge in [0.15, 0.2) is 5.69 Å². The van der Waals surface area contributed by atoms with Crippen LogP contribution in [0.2, 0.25) is 0 Å². The third-order valence-corrected chi connectivity index (χ3v) is 2.98. The highest BCUT2D eigenvalue weighted by Crippen LogP contribution is 2.30. The van der Waals surface area contributed by atoms with Crippen molar-refractivity contribution < 1.29 is 22.0 Å². The fourth-order valence-electron chi connectivity index (χ4n) is 1.91. The summed E-state index contributed by atoms with van der Waals surface area (Å²) in [5.41, 5.74) is -0.998. The van der Waals surface area contributed by atoms with Gasteiger partial charge < -0.3 is 5.32 Å². The van der Waals surface area contributed by atoms with E-state index in [1.165, 1.54) is 24.3 Å². The topological polar surface area (TPSA) is 55.1 Å². The summed E-state index contributed by atoms with van der Waals surface area (Å²) in [6.45, 7) is 0. The Labute approximate surface area is 125 Å². The van der Waals surface area contributed by atoms with Crippen molar-refractivity contribution in [2.24, 2.45) is 0 Å². The van der Waals surface area contributed by atoms with E-state index in [9.17, 15) is 22.0 Å². The maximum atomic E-state index is 12.9. The molecule has 120 valence electrons. The second-order valence-electron chi connectivity index (χ2n) is 4.54. The number of alkyl halides is 5. The Kier molecular flexibility index (Phi) is 3.58. The van der Waals surface area contributed by atoms with Crippen molar-refractivity contribution in [2.75, 3.05) is 5.32 Å². The van der Waals surface area contributed by atoms with Crippen LogP contribution in [0.4, 0.5) is 33.5 Å². The lowest BCUT2D eigenvalue weighted by Gasteiger charge is -2.11. The number of nitrogens with zero attached hydrogens (tertiary/aromatic N) is 4. The number of hydrogen-bond acceptors (Lipinski definition) is 4. The van der Waals surface area contributed by atoms with E-state index in [-0.39, 0.29) is 17.2 Å². The molecule has 0 aliphatic rings. The van der Waals surface area contributed by atoms with Crippen LogP contribution in [0, 0.1) is 0 Å². The molecule has 0 spiro atoms. The number of anilines is 2. The van der Waals surface area contributed by atoms with Gasteiger partial charge in [-0.05, 0) is 12.1 Å². The smallest absolute Gasteiger partial charge is 0.340 e. The number of fused-ring (bicyclic) bond motifs is 1. The molecule has 10 heteroatoms. The number of rotatable bonds is 3. The van der Waals surface area contributed by atoms with Gasteiger partial charge in [-0.25, -0.2) is 13.8 Å². The lowest BCUT2D eigenvalue weighted by Crippen LogP contribution is -2.12. The van der Waals surface area contributed by atoms with Gasteiger partial charge in [-0.3, -0.25) is 0 Å². The van der Waals surface area contributed by atoms with E-state index in [0.29, 0.717) is 5.69 Å². The van der Waals surface area contributed by atoms with Crippen LogP contribution >= 0.6 is 0 Å². The Balaban J connectivity index is 2.00. The number of benzene rings is 1. The Bertz CT molecular complexity index is 825. The minimum absolute atomic E-state index is 0.0374. The molecular weight excluding hydrogens is 321 g/mol. The fourth-order valence-corrected chi connectivity index (χ4v) is 1.91. The van der Waals surface area contributed by atoms with Gasteiger partial charge in [0.25, 0.3) is 12.2 Å². The van der Waals surface area contributed by atoms with Crippen LogP contribution in [-0.4, -0.2) is 19.6 Å². The minimum Gasteiger partial charge on any atom is -0.340 e. The molecule has 0 aliphatic carbocycles. The summed E-state index contributed by atoms with van der Waals surface area (Å²) in [6.07, 6.45) is -6.21. The van der Waals surface area contributed by atoms with E-state index in [0.717, 1.165) is 16.9 Å². The van der Waals surface area contributed by atoms with E-state index in [1.54, 1.807) is 0 Å². The van der Waals surface area contributed by atoms with Gasteiger partial charge in [0, 0.05) is 17.3 Å². The maximum Gasteiger partial charge on any atom is 0.433 e. The molecule has 1 N–H and O–H groups in total. The average Bonchev–Trinajstić information content (AvgIpc) is 2.95. The van der Waals surface area contributed by atoms with E-state index >= 15 is 0 Å². The summed E-state index contributed by atoms with van der Waals surface area (Å²) in [5, 5.41) is 6.46. The quantitative estimate of drug-likeness (QED) is 0.742. The average molecular weight is 329 g/mol. The number of hydrogen-bond donors (Lipinski definition) is 1. The first-order valence-electron chi connectivity index (χ1n) is 6.28. The van der Waals surface area contributed by atoms with Gasteiger partial charge in [-0.2, -0.15) is 27.8 Å². The highest BCUT2D eigenvalue weighted by atomic mass is 19.4. The third-order valence-electron chi connectivity index (χ3n) is 2.98. The van der Waals surface area contributed by atoms with Crippen molar-refractivity contribution in [2.45, 2.75) is 12.6 Å². The lowest BCUT2D eigenvalue weighted by molar-refractivity contribution is -0.141. The summed E-state index contributed by atoms with van der Waals surface area (Å²) in [7, 11) is 0. The zero-order valence-electron chi connectivity index (χ0n) is 11.2. The molecule has 0 atom stereocenters.